The number of carbonyl (C=O) groups is 1. The minimum Gasteiger partial charge on any atom is -0.337 e. The van der Waals surface area contributed by atoms with Crippen molar-refractivity contribution in [1.29, 1.82) is 0 Å². The van der Waals surface area contributed by atoms with Gasteiger partial charge in [-0.3, -0.25) is 4.79 Å². The van der Waals surface area contributed by atoms with Gasteiger partial charge in [0.2, 0.25) is 11.8 Å². The molecular weight excluding hydrogens is 620 g/mol. The number of halogens is 10. The summed E-state index contributed by atoms with van der Waals surface area (Å²) in [5.41, 5.74) is -7.99. The van der Waals surface area contributed by atoms with Crippen LogP contribution in [0.5, 0.6) is 0 Å². The Morgan fingerprint density at radius 2 is 1.42 bits per heavy atom. The topological polar surface area (TPSA) is 54.5 Å². The van der Waals surface area contributed by atoms with Gasteiger partial charge in [-0.1, -0.05) is 18.2 Å². The summed E-state index contributed by atoms with van der Waals surface area (Å²) >= 11 is 0. The van der Waals surface area contributed by atoms with Gasteiger partial charge in [-0.25, -0.2) is 26.0 Å². The molecule has 1 aliphatic heterocycles. The van der Waals surface area contributed by atoms with E-state index >= 15 is 0 Å². The monoisotopic (exact) mass is 645 g/mol. The van der Waals surface area contributed by atoms with Crippen LogP contribution in [0.3, 0.4) is 0 Å². The van der Waals surface area contributed by atoms with E-state index in [-0.39, 0.29) is 55.8 Å². The predicted octanol–water partition coefficient (Wildman–Crippen LogP) is 7.16. The smallest absolute Gasteiger partial charge is 0.337 e. The molecule has 0 bridgehead atoms. The number of fused-ring (bicyclic) bond motifs is 3. The van der Waals surface area contributed by atoms with Crippen LogP contribution < -0.4 is 0 Å². The van der Waals surface area contributed by atoms with E-state index in [0.717, 1.165) is 30.3 Å². The van der Waals surface area contributed by atoms with Gasteiger partial charge in [-0.2, -0.15) is 26.3 Å². The average molecular weight is 646 g/mol. The van der Waals surface area contributed by atoms with Crippen LogP contribution in [0.4, 0.5) is 43.9 Å². The second-order valence-corrected chi connectivity index (χ2v) is 13.5. The predicted molar refractivity (Wildman–Crippen MR) is 132 cm³/mol. The summed E-state index contributed by atoms with van der Waals surface area (Å²) in [6.45, 7) is -0.198. The lowest BCUT2D eigenvalue weighted by Gasteiger charge is -2.44. The highest BCUT2D eigenvalue weighted by molar-refractivity contribution is 7.92. The minimum atomic E-state index is -6.39. The fourth-order valence-corrected chi connectivity index (χ4v) is 9.21. The average Bonchev–Trinajstić information content (AvgIpc) is 3.32. The molecule has 43 heavy (non-hydrogen) atoms. The van der Waals surface area contributed by atoms with Crippen LogP contribution in [0.1, 0.15) is 55.2 Å². The van der Waals surface area contributed by atoms with Gasteiger partial charge in [0.05, 0.1) is 10.9 Å². The Hall–Kier alpha value is -2.84. The zero-order valence-electron chi connectivity index (χ0n) is 22.2. The molecule has 2 aromatic carbocycles. The number of nitrogens with zero attached hydrogens (tertiary/aromatic N) is 1. The van der Waals surface area contributed by atoms with Crippen molar-refractivity contribution in [2.24, 2.45) is 5.92 Å². The number of carbonyl (C=O) groups excluding carboxylic acids is 1. The molecule has 4 nitrogen and oxygen atoms in total. The Kier molecular flexibility index (Phi) is 7.41. The quantitative estimate of drug-likeness (QED) is 0.262. The lowest BCUT2D eigenvalue weighted by Crippen LogP contribution is -2.54. The summed E-state index contributed by atoms with van der Waals surface area (Å²) in [6.07, 6.45) is -15.0. The second kappa shape index (κ2) is 10.1. The summed E-state index contributed by atoms with van der Waals surface area (Å²) in [5, 5.41) is 0. The van der Waals surface area contributed by atoms with Crippen LogP contribution in [0.15, 0.2) is 47.4 Å². The summed E-state index contributed by atoms with van der Waals surface area (Å²) in [7, 11) is -4.63. The minimum absolute atomic E-state index is 0.153. The number of amides is 1. The Morgan fingerprint density at radius 1 is 0.837 bits per heavy atom. The van der Waals surface area contributed by atoms with Crippen molar-refractivity contribution in [3.8, 4) is 0 Å². The molecule has 2 atom stereocenters. The van der Waals surface area contributed by atoms with Crippen LogP contribution in [-0.4, -0.2) is 50.1 Å². The number of rotatable bonds is 4. The SMILES string of the molecule is O=C(C1CCC(F)(F)CC1)N1CC[C@@]2(S(=O)(=O)c3ccc(F)cc3)c3ccc(C(F)(C(F)(F)F)C(F)(F)F)cc3CC[C@@H]12. The molecule has 2 aliphatic carbocycles. The first-order valence-electron chi connectivity index (χ1n) is 13.4. The van der Waals surface area contributed by atoms with Crippen molar-refractivity contribution in [3.05, 3.63) is 65.0 Å². The number of aryl methyl sites for hydroxylation is 1. The zero-order valence-corrected chi connectivity index (χ0v) is 23.0. The molecule has 15 heteroatoms. The van der Waals surface area contributed by atoms with Crippen molar-refractivity contribution in [3.63, 3.8) is 0 Å². The van der Waals surface area contributed by atoms with E-state index in [1.807, 2.05) is 0 Å². The summed E-state index contributed by atoms with van der Waals surface area (Å²) in [5.74, 6) is -5.14. The normalized spacial score (nSPS) is 24.9. The molecular formula is C28H25F10NO3S. The second-order valence-electron chi connectivity index (χ2n) is 11.3. The van der Waals surface area contributed by atoms with Crippen molar-refractivity contribution in [2.45, 2.75) is 84.6 Å². The van der Waals surface area contributed by atoms with E-state index in [4.69, 9.17) is 0 Å². The van der Waals surface area contributed by atoms with Gasteiger partial charge in [-0.15, -0.1) is 0 Å². The van der Waals surface area contributed by atoms with Crippen molar-refractivity contribution >= 4 is 15.7 Å². The van der Waals surface area contributed by atoms with Gasteiger partial charge in [-0.05, 0) is 67.5 Å². The van der Waals surface area contributed by atoms with Crippen molar-refractivity contribution in [1.82, 2.24) is 4.90 Å². The fourth-order valence-electron chi connectivity index (χ4n) is 6.84. The van der Waals surface area contributed by atoms with E-state index in [1.54, 1.807) is 0 Å². The van der Waals surface area contributed by atoms with E-state index in [1.165, 1.54) is 4.90 Å². The molecule has 1 saturated heterocycles. The molecule has 0 N–H and O–H groups in total. The van der Waals surface area contributed by atoms with Gasteiger partial charge < -0.3 is 4.90 Å². The summed E-state index contributed by atoms with van der Waals surface area (Å²) in [6, 6.07) is 3.78. The number of likely N-dealkylation sites (tertiary alicyclic amines) is 1. The number of hydrogen-bond acceptors (Lipinski definition) is 3. The zero-order chi connectivity index (χ0) is 31.8. The first-order chi connectivity index (χ1) is 19.8. The molecule has 1 saturated carbocycles. The van der Waals surface area contributed by atoms with Gasteiger partial charge >= 0.3 is 18.0 Å². The third-order valence-electron chi connectivity index (χ3n) is 9.02. The largest absolute Gasteiger partial charge is 0.435 e. The molecule has 0 spiro atoms. The summed E-state index contributed by atoms with van der Waals surface area (Å²) < 4.78 is 164. The van der Waals surface area contributed by atoms with E-state index < -0.39 is 85.5 Å². The molecule has 1 amide bonds. The number of benzene rings is 2. The molecule has 1 heterocycles. The Labute approximate surface area is 240 Å². The number of alkyl halides is 9. The van der Waals surface area contributed by atoms with E-state index in [2.05, 4.69) is 0 Å². The van der Waals surface area contributed by atoms with Crippen LogP contribution in [0, 0.1) is 11.7 Å². The maximum absolute atomic E-state index is 14.9. The lowest BCUT2D eigenvalue weighted by atomic mass is 9.76. The maximum Gasteiger partial charge on any atom is 0.435 e. The highest BCUT2D eigenvalue weighted by Crippen LogP contribution is 2.57. The molecule has 0 aromatic heterocycles. The van der Waals surface area contributed by atoms with Gasteiger partial charge in [0.1, 0.15) is 10.6 Å². The first-order valence-corrected chi connectivity index (χ1v) is 14.9. The third-order valence-corrected chi connectivity index (χ3v) is 11.6. The van der Waals surface area contributed by atoms with Crippen LogP contribution in [0.25, 0.3) is 0 Å². The maximum atomic E-state index is 14.9. The van der Waals surface area contributed by atoms with E-state index in [0.29, 0.717) is 6.07 Å². The van der Waals surface area contributed by atoms with Crippen molar-refractivity contribution < 1.29 is 57.1 Å². The van der Waals surface area contributed by atoms with Gasteiger partial charge in [0.25, 0.3) is 0 Å². The standard InChI is InChI=1S/C28H25F10NO3S/c29-19-3-5-20(6-4-19)43(41,42)25-13-14-39(23(40)16-9-11-24(30,31)12-10-16)22(25)8-1-17-15-18(2-7-21(17)25)26(32,27(33,34)35)28(36,37)38/h2-7,15-16,22H,1,8-14H2/t22-,25-/m1/s1. The number of hydrogen-bond donors (Lipinski definition) is 0. The van der Waals surface area contributed by atoms with Crippen LogP contribution in [0.2, 0.25) is 0 Å². The van der Waals surface area contributed by atoms with Crippen molar-refractivity contribution in [2.75, 3.05) is 6.54 Å². The van der Waals surface area contributed by atoms with Gasteiger partial charge in [0, 0.05) is 30.9 Å². The fraction of sp³-hybridized carbons (Fsp3) is 0.536. The Morgan fingerprint density at radius 3 is 1.98 bits per heavy atom. The first kappa shape index (κ1) is 31.6. The molecule has 5 rings (SSSR count). The molecule has 0 radical (unpaired) electrons. The lowest BCUT2D eigenvalue weighted by molar-refractivity contribution is -0.348. The Balaban J connectivity index is 1.64. The van der Waals surface area contributed by atoms with Crippen LogP contribution in [-0.2, 0) is 31.5 Å². The molecule has 3 aliphatic rings. The highest BCUT2D eigenvalue weighted by atomic mass is 32.2. The Bertz CT molecular complexity index is 1500. The third kappa shape index (κ3) is 4.80. The molecule has 2 aromatic rings. The van der Waals surface area contributed by atoms with E-state index in [9.17, 15) is 57.1 Å². The van der Waals surface area contributed by atoms with Gasteiger partial charge in [0.15, 0.2) is 9.84 Å². The molecule has 2 fully saturated rings. The molecule has 236 valence electrons. The summed E-state index contributed by atoms with van der Waals surface area (Å²) in [4.78, 5) is 14.4. The number of sulfone groups is 1. The molecule has 0 unspecified atom stereocenters. The highest BCUT2D eigenvalue weighted by Gasteiger charge is 2.74. The van der Waals surface area contributed by atoms with Crippen LogP contribution >= 0.6 is 0 Å².